The maximum atomic E-state index is 10.5. The van der Waals surface area contributed by atoms with E-state index in [1.807, 2.05) is 12.1 Å². The molecule has 1 amide bonds. The van der Waals surface area contributed by atoms with Gasteiger partial charge in [0.25, 0.3) is 0 Å². The van der Waals surface area contributed by atoms with Crippen LogP contribution < -0.4 is 5.73 Å². The fourth-order valence-corrected chi connectivity index (χ4v) is 2.12. The van der Waals surface area contributed by atoms with Gasteiger partial charge < -0.3 is 10.5 Å². The fourth-order valence-electron chi connectivity index (χ4n) is 1.54. The number of ether oxygens (including phenoxy) is 1. The molecule has 0 aliphatic heterocycles. The Labute approximate surface area is 96.7 Å². The number of amides is 1. The van der Waals surface area contributed by atoms with Crippen molar-refractivity contribution >= 4 is 22.0 Å². The van der Waals surface area contributed by atoms with Gasteiger partial charge in [0.1, 0.15) is 6.61 Å². The quantitative estimate of drug-likeness (QED) is 0.918. The lowest BCUT2D eigenvalue weighted by atomic mass is 10.1. The second-order valence-electron chi connectivity index (χ2n) is 3.74. The Hall–Kier alpha value is -1.03. The Morgan fingerprint density at radius 3 is 2.87 bits per heavy atom. The molecular formula is C11H12BrNO2. The molecule has 1 fully saturated rings. The number of halogens is 1. The average molecular weight is 270 g/mol. The predicted octanol–water partition coefficient (Wildman–Crippen LogP) is 2.92. The van der Waals surface area contributed by atoms with Crippen molar-refractivity contribution in [3.05, 3.63) is 33.8 Å². The molecule has 15 heavy (non-hydrogen) atoms. The topological polar surface area (TPSA) is 52.3 Å². The molecule has 2 N–H and O–H groups in total. The molecule has 0 heterocycles. The minimum absolute atomic E-state index is 0.252. The summed E-state index contributed by atoms with van der Waals surface area (Å²) in [6.45, 7) is 0.252. The zero-order chi connectivity index (χ0) is 10.8. The lowest BCUT2D eigenvalue weighted by molar-refractivity contribution is 0.150. The highest BCUT2D eigenvalue weighted by molar-refractivity contribution is 9.10. The van der Waals surface area contributed by atoms with Gasteiger partial charge in [-0.2, -0.15) is 0 Å². The van der Waals surface area contributed by atoms with Crippen LogP contribution in [0.2, 0.25) is 0 Å². The number of nitrogens with two attached hydrogens (primary N) is 1. The van der Waals surface area contributed by atoms with Gasteiger partial charge in [0.15, 0.2) is 0 Å². The molecule has 0 saturated heterocycles. The Morgan fingerprint density at radius 2 is 2.27 bits per heavy atom. The highest BCUT2D eigenvalue weighted by Crippen LogP contribution is 2.43. The van der Waals surface area contributed by atoms with E-state index >= 15 is 0 Å². The average Bonchev–Trinajstić information content (AvgIpc) is 3.00. The number of carbonyl (C=O) groups excluding carboxylic acids is 1. The SMILES string of the molecule is NC(=O)OCc1ccc(Br)c(C2CC2)c1. The number of carbonyl (C=O) groups is 1. The van der Waals surface area contributed by atoms with Gasteiger partial charge in [0, 0.05) is 4.47 Å². The first kappa shape index (κ1) is 10.5. The van der Waals surface area contributed by atoms with Crippen molar-refractivity contribution in [1.82, 2.24) is 0 Å². The predicted molar refractivity (Wildman–Crippen MR) is 60.5 cm³/mol. The summed E-state index contributed by atoms with van der Waals surface area (Å²) in [5.41, 5.74) is 7.20. The Bertz CT molecular complexity index is 388. The maximum absolute atomic E-state index is 10.5. The van der Waals surface area contributed by atoms with Crippen molar-refractivity contribution in [2.75, 3.05) is 0 Å². The van der Waals surface area contributed by atoms with Gasteiger partial charge >= 0.3 is 6.09 Å². The van der Waals surface area contributed by atoms with Gasteiger partial charge in [-0.3, -0.25) is 0 Å². The third kappa shape index (κ3) is 2.72. The third-order valence-corrected chi connectivity index (χ3v) is 3.18. The summed E-state index contributed by atoms with van der Waals surface area (Å²) >= 11 is 3.52. The highest BCUT2D eigenvalue weighted by atomic mass is 79.9. The standard InChI is InChI=1S/C11H12BrNO2/c12-10-4-1-7(6-15-11(13)14)5-9(10)8-2-3-8/h1,4-5,8H,2-3,6H2,(H2,13,14). The molecule has 4 heteroatoms. The molecule has 0 radical (unpaired) electrons. The number of primary amides is 1. The van der Waals surface area contributed by atoms with Crippen molar-refractivity contribution in [2.24, 2.45) is 5.73 Å². The Kier molecular flexibility index (Phi) is 2.95. The van der Waals surface area contributed by atoms with Crippen LogP contribution in [-0.2, 0) is 11.3 Å². The van der Waals surface area contributed by atoms with Crippen LogP contribution in [0.15, 0.2) is 22.7 Å². The van der Waals surface area contributed by atoms with Gasteiger partial charge in [0.2, 0.25) is 0 Å². The molecule has 0 bridgehead atoms. The van der Waals surface area contributed by atoms with Crippen molar-refractivity contribution in [3.8, 4) is 0 Å². The van der Waals surface area contributed by atoms with Crippen molar-refractivity contribution in [1.29, 1.82) is 0 Å². The van der Waals surface area contributed by atoms with Crippen LogP contribution >= 0.6 is 15.9 Å². The van der Waals surface area contributed by atoms with E-state index in [1.54, 1.807) is 0 Å². The number of benzene rings is 1. The zero-order valence-corrected chi connectivity index (χ0v) is 9.79. The molecular weight excluding hydrogens is 258 g/mol. The number of rotatable bonds is 3. The lowest BCUT2D eigenvalue weighted by Crippen LogP contribution is -2.12. The summed E-state index contributed by atoms with van der Waals surface area (Å²) < 4.78 is 5.88. The first-order chi connectivity index (χ1) is 7.16. The van der Waals surface area contributed by atoms with Crippen molar-refractivity contribution in [3.63, 3.8) is 0 Å². The van der Waals surface area contributed by atoms with E-state index in [2.05, 4.69) is 22.0 Å². The zero-order valence-electron chi connectivity index (χ0n) is 8.20. The van der Waals surface area contributed by atoms with E-state index < -0.39 is 6.09 Å². The first-order valence-electron chi connectivity index (χ1n) is 4.87. The summed E-state index contributed by atoms with van der Waals surface area (Å²) in [4.78, 5) is 10.5. The minimum Gasteiger partial charge on any atom is -0.445 e. The molecule has 1 aliphatic rings. The molecule has 0 aromatic heterocycles. The van der Waals surface area contributed by atoms with Gasteiger partial charge in [-0.25, -0.2) is 4.79 Å². The van der Waals surface area contributed by atoms with Crippen LogP contribution in [-0.4, -0.2) is 6.09 Å². The van der Waals surface area contributed by atoms with Crippen LogP contribution in [0.1, 0.15) is 29.9 Å². The van der Waals surface area contributed by atoms with Crippen LogP contribution in [0.3, 0.4) is 0 Å². The second kappa shape index (κ2) is 4.23. The van der Waals surface area contributed by atoms with Gasteiger partial charge in [-0.1, -0.05) is 28.1 Å². The van der Waals surface area contributed by atoms with E-state index in [1.165, 1.54) is 18.4 Å². The summed E-state index contributed by atoms with van der Waals surface area (Å²) in [6, 6.07) is 6.00. The number of hydrogen-bond donors (Lipinski definition) is 1. The summed E-state index contributed by atoms with van der Waals surface area (Å²) in [5, 5.41) is 0. The molecule has 2 rings (SSSR count). The summed E-state index contributed by atoms with van der Waals surface area (Å²) in [5.74, 6) is 0.674. The second-order valence-corrected chi connectivity index (χ2v) is 4.59. The summed E-state index contributed by atoms with van der Waals surface area (Å²) in [6.07, 6.45) is 1.77. The monoisotopic (exact) mass is 269 g/mol. The molecule has 0 spiro atoms. The molecule has 0 unspecified atom stereocenters. The van der Waals surface area contributed by atoms with Crippen LogP contribution in [0.25, 0.3) is 0 Å². The molecule has 1 saturated carbocycles. The minimum atomic E-state index is -0.731. The summed E-state index contributed by atoms with van der Waals surface area (Å²) in [7, 11) is 0. The van der Waals surface area contributed by atoms with E-state index in [4.69, 9.17) is 10.5 Å². The fraction of sp³-hybridized carbons (Fsp3) is 0.364. The third-order valence-electron chi connectivity index (χ3n) is 2.46. The van der Waals surface area contributed by atoms with E-state index in [-0.39, 0.29) is 6.61 Å². The van der Waals surface area contributed by atoms with Crippen LogP contribution in [0, 0.1) is 0 Å². The Balaban J connectivity index is 2.11. The van der Waals surface area contributed by atoms with Gasteiger partial charge in [0.05, 0.1) is 0 Å². The lowest BCUT2D eigenvalue weighted by Gasteiger charge is -2.06. The van der Waals surface area contributed by atoms with Crippen molar-refractivity contribution < 1.29 is 9.53 Å². The highest BCUT2D eigenvalue weighted by Gasteiger charge is 2.25. The van der Waals surface area contributed by atoms with E-state index in [9.17, 15) is 4.79 Å². The molecule has 1 aromatic rings. The molecule has 1 aromatic carbocycles. The normalized spacial score (nSPS) is 15.0. The smallest absolute Gasteiger partial charge is 0.404 e. The molecule has 1 aliphatic carbocycles. The van der Waals surface area contributed by atoms with Gasteiger partial charge in [-0.05, 0) is 36.0 Å². The number of hydrogen-bond acceptors (Lipinski definition) is 2. The van der Waals surface area contributed by atoms with E-state index in [0.29, 0.717) is 5.92 Å². The molecule has 80 valence electrons. The van der Waals surface area contributed by atoms with Crippen molar-refractivity contribution in [2.45, 2.75) is 25.4 Å². The van der Waals surface area contributed by atoms with Crippen LogP contribution in [0.5, 0.6) is 0 Å². The van der Waals surface area contributed by atoms with Crippen LogP contribution in [0.4, 0.5) is 4.79 Å². The largest absolute Gasteiger partial charge is 0.445 e. The first-order valence-corrected chi connectivity index (χ1v) is 5.66. The molecule has 0 atom stereocenters. The van der Waals surface area contributed by atoms with E-state index in [0.717, 1.165) is 10.0 Å². The maximum Gasteiger partial charge on any atom is 0.404 e. The Morgan fingerprint density at radius 1 is 1.53 bits per heavy atom. The molecule has 3 nitrogen and oxygen atoms in total. The van der Waals surface area contributed by atoms with Gasteiger partial charge in [-0.15, -0.1) is 0 Å².